The quantitative estimate of drug-likeness (QED) is 0.428. The van der Waals surface area contributed by atoms with Crippen LogP contribution in [0.3, 0.4) is 0 Å². The van der Waals surface area contributed by atoms with Crippen LogP contribution in [0.25, 0.3) is 5.69 Å². The molecule has 8 nitrogen and oxygen atoms in total. The van der Waals surface area contributed by atoms with E-state index in [4.69, 9.17) is 4.74 Å². The number of ether oxygens (including phenoxy) is 2. The van der Waals surface area contributed by atoms with Gasteiger partial charge in [0.2, 0.25) is 0 Å². The third kappa shape index (κ3) is 4.63. The number of aromatic nitrogens is 2. The number of benzene rings is 2. The molecule has 31 heavy (non-hydrogen) atoms. The van der Waals surface area contributed by atoms with Gasteiger partial charge in [-0.1, -0.05) is 17.7 Å². The Morgan fingerprint density at radius 1 is 0.968 bits per heavy atom. The van der Waals surface area contributed by atoms with Crippen molar-refractivity contribution in [2.75, 3.05) is 13.7 Å². The molecule has 0 aliphatic rings. The van der Waals surface area contributed by atoms with E-state index in [0.717, 1.165) is 28.0 Å². The Morgan fingerprint density at radius 2 is 1.61 bits per heavy atom. The number of nitrogens with zero attached hydrogens (tertiary/aromatic N) is 2. The highest BCUT2D eigenvalue weighted by atomic mass is 16.5. The first-order chi connectivity index (χ1) is 14.8. The van der Waals surface area contributed by atoms with Crippen LogP contribution < -0.4 is 16.0 Å². The normalized spacial score (nSPS) is 10.5. The maximum absolute atomic E-state index is 13.0. The second kappa shape index (κ2) is 9.25. The van der Waals surface area contributed by atoms with Crippen LogP contribution in [0.15, 0.2) is 64.3 Å². The smallest absolute Gasteiger partial charge is 0.345 e. The van der Waals surface area contributed by atoms with Gasteiger partial charge in [-0.3, -0.25) is 18.7 Å². The lowest BCUT2D eigenvalue weighted by Crippen LogP contribution is -2.43. The van der Waals surface area contributed by atoms with E-state index in [0.29, 0.717) is 23.6 Å². The summed E-state index contributed by atoms with van der Waals surface area (Å²) >= 11 is 0. The fourth-order valence-electron chi connectivity index (χ4n) is 3.02. The molecule has 0 atom stereocenters. The fourth-order valence-corrected chi connectivity index (χ4v) is 3.02. The largest absolute Gasteiger partial charge is 0.494 e. The van der Waals surface area contributed by atoms with Crippen molar-refractivity contribution in [1.82, 2.24) is 9.13 Å². The molecule has 0 radical (unpaired) electrons. The summed E-state index contributed by atoms with van der Waals surface area (Å²) in [5.41, 5.74) is -0.241. The average Bonchev–Trinajstić information content (AvgIpc) is 2.77. The second-order valence-electron chi connectivity index (χ2n) is 6.79. The third-order valence-electron chi connectivity index (χ3n) is 4.68. The highest BCUT2D eigenvalue weighted by molar-refractivity contribution is 5.96. The summed E-state index contributed by atoms with van der Waals surface area (Å²) in [7, 11) is 1.14. The number of Topliss-reactive ketones (excluding diaryl/α,β-unsaturated/α-hetero) is 1. The van der Waals surface area contributed by atoms with Crippen LogP contribution in [0, 0.1) is 6.92 Å². The molecule has 0 saturated heterocycles. The first kappa shape index (κ1) is 21.8. The number of aryl methyl sites for hydroxylation is 1. The summed E-state index contributed by atoms with van der Waals surface area (Å²) < 4.78 is 11.9. The zero-order chi connectivity index (χ0) is 22.5. The first-order valence-corrected chi connectivity index (χ1v) is 9.63. The number of esters is 1. The van der Waals surface area contributed by atoms with Crippen molar-refractivity contribution in [3.63, 3.8) is 0 Å². The van der Waals surface area contributed by atoms with E-state index in [2.05, 4.69) is 4.74 Å². The van der Waals surface area contributed by atoms with Crippen molar-refractivity contribution in [2.24, 2.45) is 0 Å². The SMILES string of the molecule is CCOc1ccc(C(=O)Cn2c(=O)c(C(=O)OC)cn(-c3ccc(C)cc3)c2=O)cc1. The summed E-state index contributed by atoms with van der Waals surface area (Å²) in [4.78, 5) is 50.8. The van der Waals surface area contributed by atoms with Crippen LogP contribution in [-0.4, -0.2) is 34.6 Å². The molecular weight excluding hydrogens is 400 g/mol. The van der Waals surface area contributed by atoms with Gasteiger partial charge >= 0.3 is 11.7 Å². The molecule has 160 valence electrons. The summed E-state index contributed by atoms with van der Waals surface area (Å²) in [6.45, 7) is 3.70. The van der Waals surface area contributed by atoms with Crippen molar-refractivity contribution >= 4 is 11.8 Å². The number of rotatable bonds is 7. The van der Waals surface area contributed by atoms with Crippen molar-refractivity contribution in [3.8, 4) is 11.4 Å². The lowest BCUT2D eigenvalue weighted by molar-refractivity contribution is 0.0596. The molecule has 8 heteroatoms. The molecule has 0 saturated carbocycles. The maximum atomic E-state index is 13.0. The van der Waals surface area contributed by atoms with Crippen LogP contribution in [-0.2, 0) is 11.3 Å². The van der Waals surface area contributed by atoms with Crippen molar-refractivity contribution in [1.29, 1.82) is 0 Å². The molecule has 0 unspecified atom stereocenters. The Bertz CT molecular complexity index is 1220. The fraction of sp³-hybridized carbons (Fsp3) is 0.217. The van der Waals surface area contributed by atoms with Gasteiger partial charge in [0.15, 0.2) is 5.78 Å². The molecule has 0 aliphatic heterocycles. The zero-order valence-electron chi connectivity index (χ0n) is 17.5. The Labute approximate surface area is 178 Å². The summed E-state index contributed by atoms with van der Waals surface area (Å²) in [5.74, 6) is -0.751. The van der Waals surface area contributed by atoms with E-state index in [9.17, 15) is 19.2 Å². The van der Waals surface area contributed by atoms with Gasteiger partial charge < -0.3 is 9.47 Å². The molecule has 0 bridgehead atoms. The van der Waals surface area contributed by atoms with Gasteiger partial charge in [0.25, 0.3) is 5.56 Å². The van der Waals surface area contributed by atoms with Gasteiger partial charge in [0, 0.05) is 11.8 Å². The lowest BCUT2D eigenvalue weighted by atomic mass is 10.1. The summed E-state index contributed by atoms with van der Waals surface area (Å²) in [5, 5.41) is 0. The number of hydrogen-bond acceptors (Lipinski definition) is 6. The minimum absolute atomic E-state index is 0.306. The predicted molar refractivity (Wildman–Crippen MR) is 114 cm³/mol. The molecule has 0 spiro atoms. The van der Waals surface area contributed by atoms with E-state index < -0.39 is 29.5 Å². The molecule has 3 rings (SSSR count). The van der Waals surface area contributed by atoms with Gasteiger partial charge in [0.1, 0.15) is 11.3 Å². The number of ketones is 1. The predicted octanol–water partition coefficient (Wildman–Crippen LogP) is 2.38. The number of carbonyl (C=O) groups excluding carboxylic acids is 2. The molecule has 0 fully saturated rings. The minimum Gasteiger partial charge on any atom is -0.494 e. The Morgan fingerprint density at radius 3 is 2.19 bits per heavy atom. The molecule has 0 N–H and O–H groups in total. The van der Waals surface area contributed by atoms with E-state index in [1.165, 1.54) is 0 Å². The molecule has 1 heterocycles. The van der Waals surface area contributed by atoms with Gasteiger partial charge in [-0.2, -0.15) is 0 Å². The minimum atomic E-state index is -0.895. The van der Waals surface area contributed by atoms with Gasteiger partial charge in [-0.25, -0.2) is 9.59 Å². The Hall–Kier alpha value is -3.94. The van der Waals surface area contributed by atoms with Crippen molar-refractivity contribution < 1.29 is 19.1 Å². The van der Waals surface area contributed by atoms with Crippen LogP contribution >= 0.6 is 0 Å². The van der Waals surface area contributed by atoms with Gasteiger partial charge in [-0.15, -0.1) is 0 Å². The van der Waals surface area contributed by atoms with Crippen LogP contribution in [0.2, 0.25) is 0 Å². The molecule has 3 aromatic rings. The van der Waals surface area contributed by atoms with Gasteiger partial charge in [-0.05, 0) is 50.2 Å². The molecule has 0 aliphatic carbocycles. The highest BCUT2D eigenvalue weighted by Crippen LogP contribution is 2.13. The van der Waals surface area contributed by atoms with Crippen LogP contribution in [0.5, 0.6) is 5.75 Å². The lowest BCUT2D eigenvalue weighted by Gasteiger charge is -2.12. The monoisotopic (exact) mass is 422 g/mol. The molecular formula is C23H22N2O6. The molecule has 0 amide bonds. The van der Waals surface area contributed by atoms with E-state index in [1.54, 1.807) is 48.5 Å². The maximum Gasteiger partial charge on any atom is 0.345 e. The Kier molecular flexibility index (Phi) is 6.49. The zero-order valence-corrected chi connectivity index (χ0v) is 17.5. The van der Waals surface area contributed by atoms with Crippen molar-refractivity contribution in [2.45, 2.75) is 20.4 Å². The van der Waals surface area contributed by atoms with Gasteiger partial charge in [0.05, 0.1) is 25.9 Å². The average molecular weight is 422 g/mol. The van der Waals surface area contributed by atoms with Crippen LogP contribution in [0.1, 0.15) is 33.2 Å². The standard InChI is InChI=1S/C23H22N2O6/c1-4-31-18-11-7-16(8-12-18)20(26)14-25-21(27)19(22(28)30-3)13-24(23(25)29)17-9-5-15(2)6-10-17/h5-13H,4,14H2,1-3H3. The highest BCUT2D eigenvalue weighted by Gasteiger charge is 2.20. The first-order valence-electron chi connectivity index (χ1n) is 9.63. The topological polar surface area (TPSA) is 96.6 Å². The summed E-state index contributed by atoms with van der Waals surface area (Å²) in [6, 6.07) is 13.3. The molecule has 2 aromatic carbocycles. The van der Waals surface area contributed by atoms with Crippen molar-refractivity contribution in [3.05, 3.63) is 92.3 Å². The van der Waals surface area contributed by atoms with Crippen LogP contribution in [0.4, 0.5) is 0 Å². The summed E-state index contributed by atoms with van der Waals surface area (Å²) in [6.07, 6.45) is 1.14. The molecule has 1 aromatic heterocycles. The number of methoxy groups -OCH3 is 1. The van der Waals surface area contributed by atoms with E-state index in [-0.39, 0.29) is 5.56 Å². The number of hydrogen-bond donors (Lipinski definition) is 0. The third-order valence-corrected chi connectivity index (χ3v) is 4.68. The number of carbonyl (C=O) groups is 2. The van der Waals surface area contributed by atoms with E-state index >= 15 is 0 Å². The van der Waals surface area contributed by atoms with E-state index in [1.807, 2.05) is 13.8 Å². The second-order valence-corrected chi connectivity index (χ2v) is 6.79. The Balaban J connectivity index is 2.07.